The molecular formula is C16H16BrNOS. The second-order valence-electron chi connectivity index (χ2n) is 5.19. The Bertz CT molecular complexity index is 639. The highest BCUT2D eigenvalue weighted by Crippen LogP contribution is 2.32. The van der Waals surface area contributed by atoms with E-state index in [0.29, 0.717) is 11.3 Å². The molecule has 2 aromatic rings. The quantitative estimate of drug-likeness (QED) is 0.489. The number of hydrogen-bond donors (Lipinski definition) is 1. The maximum atomic E-state index is 12.6. The first-order valence-electron chi connectivity index (χ1n) is 6.86. The summed E-state index contributed by atoms with van der Waals surface area (Å²) in [7, 11) is 0. The van der Waals surface area contributed by atoms with E-state index < -0.39 is 0 Å². The number of thiophene rings is 1. The van der Waals surface area contributed by atoms with Crippen LogP contribution in [0.3, 0.4) is 0 Å². The lowest BCUT2D eigenvalue weighted by atomic mass is 10.1. The van der Waals surface area contributed by atoms with E-state index in [9.17, 15) is 4.79 Å². The van der Waals surface area contributed by atoms with Crippen molar-refractivity contribution in [3.63, 3.8) is 0 Å². The van der Waals surface area contributed by atoms with Crippen LogP contribution in [-0.2, 0) is 12.8 Å². The maximum Gasteiger partial charge on any atom is 0.204 e. The third kappa shape index (κ3) is 2.67. The van der Waals surface area contributed by atoms with Gasteiger partial charge in [-0.2, -0.15) is 0 Å². The van der Waals surface area contributed by atoms with Crippen molar-refractivity contribution >= 4 is 38.7 Å². The molecule has 1 aliphatic carbocycles. The van der Waals surface area contributed by atoms with Crippen LogP contribution >= 0.6 is 27.3 Å². The van der Waals surface area contributed by atoms with Crippen molar-refractivity contribution in [2.24, 2.45) is 0 Å². The number of hydrogen-bond acceptors (Lipinski definition) is 3. The number of rotatable bonds is 2. The Kier molecular flexibility index (Phi) is 3.94. The van der Waals surface area contributed by atoms with Crippen molar-refractivity contribution in [3.05, 3.63) is 49.6 Å². The number of fused-ring (bicyclic) bond motifs is 1. The number of benzene rings is 1. The van der Waals surface area contributed by atoms with E-state index in [-0.39, 0.29) is 5.78 Å². The molecule has 0 bridgehead atoms. The van der Waals surface area contributed by atoms with Crippen molar-refractivity contribution in [3.8, 4) is 0 Å². The molecule has 1 heterocycles. The molecule has 0 amide bonds. The minimum Gasteiger partial charge on any atom is -0.399 e. The Morgan fingerprint density at radius 3 is 2.75 bits per heavy atom. The predicted molar refractivity (Wildman–Crippen MR) is 87.6 cm³/mol. The van der Waals surface area contributed by atoms with Gasteiger partial charge in [-0.15, -0.1) is 11.3 Å². The molecule has 0 unspecified atom stereocenters. The summed E-state index contributed by atoms with van der Waals surface area (Å²) in [6, 6.07) is 7.45. The number of carbonyl (C=O) groups is 1. The number of nitrogen functional groups attached to an aromatic ring is 1. The molecule has 1 aromatic heterocycles. The first-order chi connectivity index (χ1) is 9.65. The average Bonchev–Trinajstić information content (AvgIpc) is 2.69. The van der Waals surface area contributed by atoms with Gasteiger partial charge >= 0.3 is 0 Å². The van der Waals surface area contributed by atoms with Gasteiger partial charge in [0.15, 0.2) is 0 Å². The van der Waals surface area contributed by atoms with Gasteiger partial charge in [0.05, 0.1) is 4.88 Å². The van der Waals surface area contributed by atoms with Gasteiger partial charge in [-0.1, -0.05) is 6.42 Å². The lowest BCUT2D eigenvalue weighted by Crippen LogP contribution is -2.00. The summed E-state index contributed by atoms with van der Waals surface area (Å²) in [4.78, 5) is 14.9. The van der Waals surface area contributed by atoms with E-state index in [1.807, 2.05) is 0 Å². The van der Waals surface area contributed by atoms with E-state index >= 15 is 0 Å². The van der Waals surface area contributed by atoms with Crippen molar-refractivity contribution in [1.29, 1.82) is 0 Å². The molecule has 0 radical (unpaired) electrons. The van der Waals surface area contributed by atoms with E-state index in [0.717, 1.165) is 22.2 Å². The molecule has 2 nitrogen and oxygen atoms in total. The minimum atomic E-state index is 0.0925. The molecule has 0 saturated carbocycles. The van der Waals surface area contributed by atoms with Crippen LogP contribution in [-0.4, -0.2) is 5.78 Å². The molecule has 1 aromatic carbocycles. The van der Waals surface area contributed by atoms with Crippen molar-refractivity contribution in [2.45, 2.75) is 32.1 Å². The van der Waals surface area contributed by atoms with Crippen LogP contribution < -0.4 is 5.73 Å². The van der Waals surface area contributed by atoms with Gasteiger partial charge < -0.3 is 5.73 Å². The summed E-state index contributed by atoms with van der Waals surface area (Å²) in [5, 5.41) is 0. The number of ketones is 1. The fraction of sp³-hybridized carbons (Fsp3) is 0.312. The Hall–Kier alpha value is -1.13. The van der Waals surface area contributed by atoms with E-state index in [1.54, 1.807) is 29.5 Å². The van der Waals surface area contributed by atoms with Crippen molar-refractivity contribution < 1.29 is 4.79 Å². The van der Waals surface area contributed by atoms with Crippen LogP contribution in [0.2, 0.25) is 0 Å². The highest BCUT2D eigenvalue weighted by molar-refractivity contribution is 9.10. The van der Waals surface area contributed by atoms with Crippen LogP contribution in [0.25, 0.3) is 0 Å². The normalized spacial score (nSPS) is 14.7. The van der Waals surface area contributed by atoms with E-state index in [4.69, 9.17) is 5.73 Å². The predicted octanol–water partition coefficient (Wildman–Crippen LogP) is 4.59. The minimum absolute atomic E-state index is 0.0925. The number of anilines is 1. The number of halogens is 1. The first-order valence-corrected chi connectivity index (χ1v) is 8.47. The summed E-state index contributed by atoms with van der Waals surface area (Å²) in [5.41, 5.74) is 8.45. The third-order valence-electron chi connectivity index (χ3n) is 3.71. The lowest BCUT2D eigenvalue weighted by Gasteiger charge is -2.03. The summed E-state index contributed by atoms with van der Waals surface area (Å²) in [6.45, 7) is 0. The van der Waals surface area contributed by atoms with Crippen LogP contribution in [0.15, 0.2) is 28.7 Å². The first kappa shape index (κ1) is 13.8. The monoisotopic (exact) mass is 349 g/mol. The van der Waals surface area contributed by atoms with Gasteiger partial charge in [0, 0.05) is 20.6 Å². The van der Waals surface area contributed by atoms with E-state index in [1.165, 1.54) is 29.7 Å². The number of carbonyl (C=O) groups excluding carboxylic acids is 1. The number of aryl methyl sites for hydroxylation is 2. The summed E-state index contributed by atoms with van der Waals surface area (Å²) < 4.78 is 0.770. The fourth-order valence-electron chi connectivity index (χ4n) is 2.63. The maximum absolute atomic E-state index is 12.6. The van der Waals surface area contributed by atoms with Crippen LogP contribution in [0.1, 0.15) is 44.9 Å². The SMILES string of the molecule is Nc1ccc(C(=O)c2cc3c(s2)CCCCC3)c(Br)c1. The molecule has 0 atom stereocenters. The van der Waals surface area contributed by atoms with Gasteiger partial charge in [-0.05, 0) is 71.4 Å². The largest absolute Gasteiger partial charge is 0.399 e. The van der Waals surface area contributed by atoms with E-state index in [2.05, 4.69) is 22.0 Å². The Balaban J connectivity index is 1.94. The topological polar surface area (TPSA) is 43.1 Å². The van der Waals surface area contributed by atoms with Crippen LogP contribution in [0.4, 0.5) is 5.69 Å². The van der Waals surface area contributed by atoms with Crippen molar-refractivity contribution in [2.75, 3.05) is 5.73 Å². The molecule has 4 heteroatoms. The Morgan fingerprint density at radius 1 is 1.15 bits per heavy atom. The lowest BCUT2D eigenvalue weighted by molar-refractivity contribution is 0.104. The highest BCUT2D eigenvalue weighted by Gasteiger charge is 2.19. The van der Waals surface area contributed by atoms with Crippen LogP contribution in [0.5, 0.6) is 0 Å². The molecule has 0 fully saturated rings. The highest BCUT2D eigenvalue weighted by atomic mass is 79.9. The summed E-state index contributed by atoms with van der Waals surface area (Å²) in [5.74, 6) is 0.0925. The Morgan fingerprint density at radius 2 is 1.95 bits per heavy atom. The van der Waals surface area contributed by atoms with Gasteiger partial charge in [0.25, 0.3) is 0 Å². The van der Waals surface area contributed by atoms with Gasteiger partial charge in [0.2, 0.25) is 5.78 Å². The molecule has 1 aliphatic rings. The fourth-order valence-corrected chi connectivity index (χ4v) is 4.41. The molecule has 0 spiro atoms. The molecular weight excluding hydrogens is 334 g/mol. The molecule has 104 valence electrons. The van der Waals surface area contributed by atoms with Crippen molar-refractivity contribution in [1.82, 2.24) is 0 Å². The number of nitrogens with two attached hydrogens (primary N) is 1. The molecule has 2 N–H and O–H groups in total. The average molecular weight is 350 g/mol. The molecule has 0 aliphatic heterocycles. The second-order valence-corrected chi connectivity index (χ2v) is 7.18. The third-order valence-corrected chi connectivity index (χ3v) is 5.60. The zero-order valence-electron chi connectivity index (χ0n) is 11.1. The summed E-state index contributed by atoms with van der Waals surface area (Å²) in [6.07, 6.45) is 6.02. The molecule has 0 saturated heterocycles. The molecule has 20 heavy (non-hydrogen) atoms. The van der Waals surface area contributed by atoms with Gasteiger partial charge in [-0.3, -0.25) is 4.79 Å². The second kappa shape index (κ2) is 5.70. The van der Waals surface area contributed by atoms with Gasteiger partial charge in [0.1, 0.15) is 0 Å². The summed E-state index contributed by atoms with van der Waals surface area (Å²) >= 11 is 5.10. The molecule has 3 rings (SSSR count). The van der Waals surface area contributed by atoms with Gasteiger partial charge in [-0.25, -0.2) is 0 Å². The zero-order chi connectivity index (χ0) is 14.1. The zero-order valence-corrected chi connectivity index (χ0v) is 13.5. The smallest absolute Gasteiger partial charge is 0.204 e. The van der Waals surface area contributed by atoms with Crippen LogP contribution in [0, 0.1) is 0 Å². The Labute approximate surface area is 131 Å². The standard InChI is InChI=1S/C16H16BrNOS/c17-13-9-11(18)6-7-12(13)16(19)15-8-10-4-2-1-3-5-14(10)20-15/h6-9H,1-5,18H2.